The van der Waals surface area contributed by atoms with E-state index in [2.05, 4.69) is 36.8 Å². The van der Waals surface area contributed by atoms with E-state index >= 15 is 4.39 Å². The maximum Gasteiger partial charge on any atom is 0.297 e. The van der Waals surface area contributed by atoms with Gasteiger partial charge in [0.1, 0.15) is 29.7 Å². The summed E-state index contributed by atoms with van der Waals surface area (Å²) < 4.78 is 71.8. The molecule has 4 N–H and O–H groups in total. The van der Waals surface area contributed by atoms with E-state index in [4.69, 9.17) is 30.4 Å². The van der Waals surface area contributed by atoms with Crippen molar-refractivity contribution in [2.24, 2.45) is 5.41 Å². The van der Waals surface area contributed by atoms with Gasteiger partial charge in [-0.15, -0.1) is 6.42 Å². The molecule has 0 bridgehead atoms. The van der Waals surface area contributed by atoms with E-state index in [1.807, 2.05) is 47.4 Å². The topological polar surface area (TPSA) is 214 Å². The average molecular weight is 1050 g/mol. The second-order valence-corrected chi connectivity index (χ2v) is 23.6. The van der Waals surface area contributed by atoms with Crippen LogP contribution in [0.25, 0.3) is 11.0 Å². The van der Waals surface area contributed by atoms with Crippen LogP contribution in [-0.4, -0.2) is 127 Å². The lowest BCUT2D eigenvalue weighted by Crippen LogP contribution is -2.56. The first-order valence-electron chi connectivity index (χ1n) is 26.1. The minimum absolute atomic E-state index is 0.00443. The summed E-state index contributed by atoms with van der Waals surface area (Å²) in [7, 11) is -4.81. The molecule has 1 spiro atoms. The molecule has 0 unspecified atom stereocenters. The Bertz CT molecular complexity index is 3210. The van der Waals surface area contributed by atoms with E-state index in [0.29, 0.717) is 48.6 Å². The van der Waals surface area contributed by atoms with Gasteiger partial charge in [-0.05, 0) is 119 Å². The van der Waals surface area contributed by atoms with Crippen LogP contribution in [0, 0.1) is 27.9 Å². The number of piperidine rings is 1. The normalized spacial score (nSPS) is 27.8. The van der Waals surface area contributed by atoms with Gasteiger partial charge < -0.3 is 44.2 Å². The van der Waals surface area contributed by atoms with Gasteiger partial charge in [-0.25, -0.2) is 17.5 Å². The smallest absolute Gasteiger partial charge is 0.297 e. The second kappa shape index (κ2) is 19.0. The van der Waals surface area contributed by atoms with Crippen LogP contribution in [0.4, 0.5) is 32.8 Å². The predicted molar refractivity (Wildman–Crippen MR) is 278 cm³/mol. The molecule has 394 valence electrons. The van der Waals surface area contributed by atoms with Gasteiger partial charge in [-0.3, -0.25) is 19.8 Å². The standard InChI is InChI=1S/C55H61FN8O10S/c1-3-34-7-4-5-8-39(34)45-31-71-23-6-20-62(45)37-29-54(30-37)17-21-61(22-18-54)36-9-10-40(42(26-36)63-41-12-24-72-32-47(41)74-52-44(63)25-35-11-19-57-50(35)59-52)51(65)60-75(69,70)38-27-43(64(67)68)49-46(28-38)73-33-48(58-49)55(56)15-13-53(2,66)14-16-55/h1,4-5,7-11,19,25-28,37,41,45,47-48,58,66H,6,12-18,20-24,29-33H2,2H3,(H,57,59)(H,60,65)/t41-,45-,47-,48+,53?,55?/m0/s1. The number of hydrogen-bond donors (Lipinski definition) is 4. The molecule has 7 aliphatic rings. The number of anilines is 4. The molecule has 0 radical (unpaired) electrons. The van der Waals surface area contributed by atoms with Crippen LogP contribution >= 0.6 is 0 Å². The number of alkyl halides is 1. The lowest BCUT2D eigenvalue weighted by Gasteiger charge is -2.56. The van der Waals surface area contributed by atoms with Gasteiger partial charge in [-0.2, -0.15) is 4.98 Å². The molecule has 7 heterocycles. The number of nitrogens with one attached hydrogen (secondary N) is 3. The van der Waals surface area contributed by atoms with Gasteiger partial charge in [0.25, 0.3) is 21.6 Å². The van der Waals surface area contributed by atoms with Crippen LogP contribution in [0.5, 0.6) is 11.6 Å². The summed E-state index contributed by atoms with van der Waals surface area (Å²) in [6.07, 6.45) is 13.3. The highest BCUT2D eigenvalue weighted by atomic mass is 32.2. The molecule has 4 atom stereocenters. The number of benzene rings is 3. The molecule has 5 aliphatic heterocycles. The zero-order chi connectivity index (χ0) is 51.9. The van der Waals surface area contributed by atoms with Crippen molar-refractivity contribution < 1.29 is 46.6 Å². The molecular weight excluding hydrogens is 984 g/mol. The quantitative estimate of drug-likeness (QED) is 0.0633. The van der Waals surface area contributed by atoms with Crippen LogP contribution in [0.15, 0.2) is 77.8 Å². The van der Waals surface area contributed by atoms with E-state index in [1.165, 1.54) is 0 Å². The minimum atomic E-state index is -4.81. The van der Waals surface area contributed by atoms with Gasteiger partial charge >= 0.3 is 0 Å². The first-order chi connectivity index (χ1) is 36.1. The number of rotatable bonds is 9. The third-order valence-corrected chi connectivity index (χ3v) is 18.5. The molecule has 3 aromatic carbocycles. The Morgan fingerprint density at radius 1 is 0.973 bits per heavy atom. The van der Waals surface area contributed by atoms with E-state index in [0.717, 1.165) is 92.7 Å². The number of carbonyl (C=O) groups is 1. The number of nitro benzene ring substituents is 1. The van der Waals surface area contributed by atoms with E-state index < -0.39 is 54.9 Å². The SMILES string of the molecule is C#Cc1ccccc1[C@@H]1COCCCN1C1CC2(CCN(c3ccc(C(=O)NS(=O)(=O)c4cc5c(c([N+](=O)[O-])c4)N[C@@H](C4(F)CCC(C)(O)CC4)CO5)c(N4c5cc6cc[nH]c6nc5O[C@H]5COCC[C@@H]54)c3)CC2)C1. The number of nitro groups is 1. The third-order valence-electron chi connectivity index (χ3n) is 17.2. The third kappa shape index (κ3) is 9.09. The van der Waals surface area contributed by atoms with Crippen molar-refractivity contribution in [3.63, 3.8) is 0 Å². The van der Waals surface area contributed by atoms with Gasteiger partial charge in [0.2, 0.25) is 5.88 Å². The Labute approximate surface area is 434 Å². The van der Waals surface area contributed by atoms with Crippen LogP contribution in [0.3, 0.4) is 0 Å². The monoisotopic (exact) mass is 1040 g/mol. The number of terminal acetylenes is 1. The fraction of sp³-hybridized carbons (Fsp3) is 0.491. The summed E-state index contributed by atoms with van der Waals surface area (Å²) in [6.45, 7) is 5.90. The number of pyridine rings is 1. The number of hydrogen-bond acceptors (Lipinski definition) is 15. The van der Waals surface area contributed by atoms with Crippen LogP contribution in [0.1, 0.15) is 98.7 Å². The lowest BCUT2D eigenvalue weighted by molar-refractivity contribution is -0.384. The van der Waals surface area contributed by atoms with E-state index in [9.17, 15) is 28.4 Å². The molecule has 75 heavy (non-hydrogen) atoms. The molecule has 18 nitrogen and oxygen atoms in total. The molecule has 20 heteroatoms. The summed E-state index contributed by atoms with van der Waals surface area (Å²) in [6, 6.07) is 18.6. The lowest BCUT2D eigenvalue weighted by atomic mass is 9.59. The molecule has 3 saturated heterocycles. The first kappa shape index (κ1) is 49.4. The Balaban J connectivity index is 0.836. The van der Waals surface area contributed by atoms with Crippen molar-refractivity contribution in [1.82, 2.24) is 19.6 Å². The maximum absolute atomic E-state index is 16.3. The van der Waals surface area contributed by atoms with Crippen molar-refractivity contribution in [3.05, 3.63) is 99.7 Å². The number of H-pyrrole nitrogens is 1. The number of aliphatic hydroxyl groups is 1. The fourth-order valence-corrected chi connectivity index (χ4v) is 13.9. The largest absolute Gasteiger partial charge is 0.489 e. The predicted octanol–water partition coefficient (Wildman–Crippen LogP) is 7.68. The Kier molecular flexibility index (Phi) is 12.5. The minimum Gasteiger partial charge on any atom is -0.489 e. The number of carbonyl (C=O) groups excluding carboxylic acids is 1. The number of fused-ring (bicyclic) bond motifs is 4. The van der Waals surface area contributed by atoms with Crippen molar-refractivity contribution in [2.75, 3.05) is 67.8 Å². The zero-order valence-electron chi connectivity index (χ0n) is 41.8. The average Bonchev–Trinajstić information content (AvgIpc) is 3.74. The summed E-state index contributed by atoms with van der Waals surface area (Å²) in [5.41, 5.74) is 1.08. The number of halogens is 1. The van der Waals surface area contributed by atoms with Crippen molar-refractivity contribution in [3.8, 4) is 24.0 Å². The van der Waals surface area contributed by atoms with E-state index in [-0.39, 0.29) is 73.4 Å². The molecular formula is C55H61FN8O10S. The molecule has 1 amide bonds. The van der Waals surface area contributed by atoms with Gasteiger partial charge in [0.05, 0.1) is 58.0 Å². The van der Waals surface area contributed by atoms with Crippen molar-refractivity contribution in [2.45, 2.75) is 118 Å². The van der Waals surface area contributed by atoms with Gasteiger partial charge in [0.15, 0.2) is 11.4 Å². The van der Waals surface area contributed by atoms with Crippen LogP contribution < -0.4 is 29.3 Å². The Morgan fingerprint density at radius 2 is 1.76 bits per heavy atom. The second-order valence-electron chi connectivity index (χ2n) is 21.9. The maximum atomic E-state index is 16.3. The summed E-state index contributed by atoms with van der Waals surface area (Å²) in [4.78, 5) is 41.0. The molecule has 2 saturated carbocycles. The zero-order valence-corrected chi connectivity index (χ0v) is 42.6. The van der Waals surface area contributed by atoms with Crippen LogP contribution in [-0.2, 0) is 19.5 Å². The summed E-state index contributed by atoms with van der Waals surface area (Å²) >= 11 is 0. The highest BCUT2D eigenvalue weighted by molar-refractivity contribution is 7.90. The van der Waals surface area contributed by atoms with Crippen LogP contribution in [0.2, 0.25) is 0 Å². The first-order valence-corrected chi connectivity index (χ1v) is 27.6. The number of ether oxygens (including phenoxy) is 4. The molecule has 2 aromatic heterocycles. The fourth-order valence-electron chi connectivity index (χ4n) is 12.9. The summed E-state index contributed by atoms with van der Waals surface area (Å²) in [5, 5.41) is 26.8. The number of aromatic amines is 1. The molecule has 5 fully saturated rings. The Morgan fingerprint density at radius 3 is 2.55 bits per heavy atom. The molecule has 5 aromatic rings. The number of sulfonamides is 1. The van der Waals surface area contributed by atoms with Crippen molar-refractivity contribution >= 4 is 55.4 Å². The highest BCUT2D eigenvalue weighted by Gasteiger charge is 2.51. The van der Waals surface area contributed by atoms with Gasteiger partial charge in [-0.1, -0.05) is 24.1 Å². The number of amides is 1. The molecule has 12 rings (SSSR count). The van der Waals surface area contributed by atoms with Gasteiger partial charge in [0, 0.05) is 73.9 Å². The van der Waals surface area contributed by atoms with Crippen molar-refractivity contribution in [1.29, 1.82) is 0 Å². The molecule has 2 aliphatic carbocycles. The summed E-state index contributed by atoms with van der Waals surface area (Å²) in [5.74, 6) is 2.09. The van der Waals surface area contributed by atoms with E-state index in [1.54, 1.807) is 19.2 Å². The number of nitrogens with zero attached hydrogens (tertiary/aromatic N) is 5. The number of aromatic nitrogens is 2. The Hall–Kier alpha value is -6.50. The highest BCUT2D eigenvalue weighted by Crippen LogP contribution is 2.54.